The molecule has 204 valence electrons. The minimum Gasteiger partial charge on any atom is -0.383 e. The maximum atomic E-state index is 13.9. The molecule has 3 heterocycles. The number of nitrogens with zero attached hydrogens (tertiary/aromatic N) is 5. The number of ether oxygens (including phenoxy) is 1. The van der Waals surface area contributed by atoms with Crippen molar-refractivity contribution in [3.63, 3.8) is 0 Å². The van der Waals surface area contributed by atoms with E-state index in [-0.39, 0.29) is 23.0 Å². The van der Waals surface area contributed by atoms with Gasteiger partial charge in [0.25, 0.3) is 0 Å². The second kappa shape index (κ2) is 11.6. The van der Waals surface area contributed by atoms with Crippen LogP contribution in [0.25, 0.3) is 16.9 Å². The highest BCUT2D eigenvalue weighted by atomic mass is 35.5. The van der Waals surface area contributed by atoms with E-state index in [9.17, 15) is 9.18 Å². The molecule has 11 heteroatoms. The third-order valence-electron chi connectivity index (χ3n) is 7.03. The number of methoxy groups -OCH3 is 1. The van der Waals surface area contributed by atoms with Crippen LogP contribution >= 0.6 is 11.6 Å². The Bertz CT molecular complexity index is 1460. The van der Waals surface area contributed by atoms with Gasteiger partial charge in [-0.15, -0.1) is 0 Å². The zero-order chi connectivity index (χ0) is 27.5. The second-order valence-electron chi connectivity index (χ2n) is 9.71. The summed E-state index contributed by atoms with van der Waals surface area (Å²) in [6.45, 7) is 4.52. The molecule has 2 N–H and O–H groups in total. The minimum atomic E-state index is -0.467. The summed E-state index contributed by atoms with van der Waals surface area (Å²) in [5.41, 5.74) is 4.09. The first-order chi connectivity index (χ1) is 18.8. The summed E-state index contributed by atoms with van der Waals surface area (Å²) in [6, 6.07) is 13.8. The van der Waals surface area contributed by atoms with Gasteiger partial charge in [0.1, 0.15) is 17.3 Å². The second-order valence-corrected chi connectivity index (χ2v) is 10.1. The van der Waals surface area contributed by atoms with Crippen molar-refractivity contribution >= 4 is 23.4 Å². The minimum absolute atomic E-state index is 0.0661. The summed E-state index contributed by atoms with van der Waals surface area (Å²) in [5, 5.41) is 15.4. The van der Waals surface area contributed by atoms with Crippen LogP contribution in [0.3, 0.4) is 0 Å². The van der Waals surface area contributed by atoms with Crippen LogP contribution < -0.4 is 10.6 Å². The fraction of sp³-hybridized carbons (Fsp3) is 0.321. The molecule has 9 nitrogen and oxygen atoms in total. The number of carbonyl (C=O) groups excluding carboxylic acids is 1. The number of nitrogens with one attached hydrogen (secondary N) is 2. The summed E-state index contributed by atoms with van der Waals surface area (Å²) in [4.78, 5) is 15.7. The standard InChI is InChI=1S/C28H31ClFN7O2/c1-18-26(20-14-31-35(2)15-20)34-37(21-7-5-4-6-8-21)27(18)33-28(38)32-25-17-36(11-12-39-3)16-22(25)19-9-10-24(30)23(29)13-19/h4-10,13-15,22,25H,11-12,16-17H2,1-3H3,(H2,32,33,38)/t22-,25+/m0/s1. The van der Waals surface area contributed by atoms with Gasteiger partial charge in [-0.05, 0) is 36.8 Å². The van der Waals surface area contributed by atoms with Crippen molar-refractivity contribution in [2.45, 2.75) is 18.9 Å². The van der Waals surface area contributed by atoms with E-state index in [4.69, 9.17) is 21.4 Å². The number of urea groups is 1. The Kier molecular flexibility index (Phi) is 7.97. The molecular formula is C28H31ClFN7O2. The van der Waals surface area contributed by atoms with E-state index in [1.807, 2.05) is 50.5 Å². The Morgan fingerprint density at radius 2 is 2.00 bits per heavy atom. The van der Waals surface area contributed by atoms with Crippen LogP contribution in [-0.4, -0.2) is 69.9 Å². The van der Waals surface area contributed by atoms with Crippen molar-refractivity contribution in [2.75, 3.05) is 38.7 Å². The number of aryl methyl sites for hydroxylation is 1. The molecule has 2 aromatic heterocycles. The molecule has 2 aromatic carbocycles. The SMILES string of the molecule is COCCN1C[C@@H](NC(=O)Nc2c(C)c(-c3cnn(C)c3)nn2-c2ccccc2)[C@H](c2ccc(F)c(Cl)c2)C1. The fourth-order valence-electron chi connectivity index (χ4n) is 5.04. The predicted octanol–water partition coefficient (Wildman–Crippen LogP) is 4.61. The predicted molar refractivity (Wildman–Crippen MR) is 149 cm³/mol. The van der Waals surface area contributed by atoms with E-state index in [1.165, 1.54) is 6.07 Å². The topological polar surface area (TPSA) is 89.2 Å². The summed E-state index contributed by atoms with van der Waals surface area (Å²) < 4.78 is 22.6. The van der Waals surface area contributed by atoms with Gasteiger partial charge in [-0.1, -0.05) is 35.9 Å². The molecule has 1 aliphatic rings. The highest BCUT2D eigenvalue weighted by Gasteiger charge is 2.35. The number of hydrogen-bond acceptors (Lipinski definition) is 5. The summed E-state index contributed by atoms with van der Waals surface area (Å²) in [5.74, 6) is 0.0240. The highest BCUT2D eigenvalue weighted by molar-refractivity contribution is 6.30. The van der Waals surface area contributed by atoms with E-state index in [0.29, 0.717) is 25.5 Å². The first-order valence-electron chi connectivity index (χ1n) is 12.7. The number of rotatable bonds is 8. The number of carbonyl (C=O) groups is 1. The monoisotopic (exact) mass is 551 g/mol. The number of amides is 2. The van der Waals surface area contributed by atoms with Gasteiger partial charge in [-0.3, -0.25) is 14.9 Å². The quantitative estimate of drug-likeness (QED) is 0.334. The van der Waals surface area contributed by atoms with Crippen LogP contribution in [0.2, 0.25) is 5.02 Å². The molecule has 4 aromatic rings. The van der Waals surface area contributed by atoms with Crippen molar-refractivity contribution in [3.05, 3.63) is 82.9 Å². The number of hydrogen-bond donors (Lipinski definition) is 2. The van der Waals surface area contributed by atoms with E-state index in [0.717, 1.165) is 34.6 Å². The van der Waals surface area contributed by atoms with Crippen LogP contribution in [0.1, 0.15) is 17.0 Å². The number of aromatic nitrogens is 4. The zero-order valence-corrected chi connectivity index (χ0v) is 22.8. The average Bonchev–Trinajstić information content (AvgIpc) is 3.62. The molecule has 1 aliphatic heterocycles. The van der Waals surface area contributed by atoms with Crippen molar-refractivity contribution in [1.29, 1.82) is 0 Å². The van der Waals surface area contributed by atoms with Crippen LogP contribution in [0.15, 0.2) is 60.9 Å². The number of benzene rings is 2. The molecule has 1 fully saturated rings. The molecule has 1 saturated heterocycles. The maximum Gasteiger partial charge on any atom is 0.320 e. The molecule has 0 unspecified atom stereocenters. The summed E-state index contributed by atoms with van der Waals surface area (Å²) in [6.07, 6.45) is 3.64. The van der Waals surface area contributed by atoms with Crippen LogP contribution in [0, 0.1) is 12.7 Å². The molecule has 0 spiro atoms. The van der Waals surface area contributed by atoms with Crippen LogP contribution in [0.5, 0.6) is 0 Å². The van der Waals surface area contributed by atoms with E-state index >= 15 is 0 Å². The lowest BCUT2D eigenvalue weighted by Gasteiger charge is -2.21. The third-order valence-corrected chi connectivity index (χ3v) is 7.32. The van der Waals surface area contributed by atoms with Gasteiger partial charge < -0.3 is 10.1 Å². The average molecular weight is 552 g/mol. The third kappa shape index (κ3) is 5.83. The molecule has 39 heavy (non-hydrogen) atoms. The summed E-state index contributed by atoms with van der Waals surface area (Å²) >= 11 is 6.10. The van der Waals surface area contributed by atoms with Crippen LogP contribution in [-0.2, 0) is 11.8 Å². The van der Waals surface area contributed by atoms with Gasteiger partial charge in [0.05, 0.1) is 29.6 Å². The Hall–Kier alpha value is -3.73. The first kappa shape index (κ1) is 26.9. The van der Waals surface area contributed by atoms with Crippen molar-refractivity contribution in [1.82, 2.24) is 29.8 Å². The van der Waals surface area contributed by atoms with Crippen molar-refractivity contribution < 1.29 is 13.9 Å². The maximum absolute atomic E-state index is 13.9. The number of halogens is 2. The molecule has 2 atom stereocenters. The van der Waals surface area contributed by atoms with E-state index in [2.05, 4.69) is 20.6 Å². The molecule has 0 radical (unpaired) electrons. The largest absolute Gasteiger partial charge is 0.383 e. The Morgan fingerprint density at radius 3 is 2.69 bits per heavy atom. The number of anilines is 1. The number of para-hydroxylation sites is 1. The van der Waals surface area contributed by atoms with Gasteiger partial charge in [0, 0.05) is 57.0 Å². The lowest BCUT2D eigenvalue weighted by Crippen LogP contribution is -2.42. The summed E-state index contributed by atoms with van der Waals surface area (Å²) in [7, 11) is 3.51. The first-order valence-corrected chi connectivity index (χ1v) is 13.1. The molecule has 5 rings (SSSR count). The highest BCUT2D eigenvalue weighted by Crippen LogP contribution is 2.32. The lowest BCUT2D eigenvalue weighted by atomic mass is 9.94. The Morgan fingerprint density at radius 1 is 1.21 bits per heavy atom. The molecular weight excluding hydrogens is 521 g/mol. The Labute approximate surface area is 231 Å². The zero-order valence-electron chi connectivity index (χ0n) is 22.1. The smallest absolute Gasteiger partial charge is 0.320 e. The van der Waals surface area contributed by atoms with E-state index in [1.54, 1.807) is 34.8 Å². The molecule has 0 aliphatic carbocycles. The fourth-order valence-corrected chi connectivity index (χ4v) is 5.23. The van der Waals surface area contributed by atoms with Crippen molar-refractivity contribution in [2.24, 2.45) is 7.05 Å². The molecule has 0 bridgehead atoms. The molecule has 2 amide bonds. The van der Waals surface area contributed by atoms with Gasteiger partial charge in [-0.2, -0.15) is 10.2 Å². The van der Waals surface area contributed by atoms with Gasteiger partial charge in [0.2, 0.25) is 0 Å². The molecule has 0 saturated carbocycles. The van der Waals surface area contributed by atoms with Crippen LogP contribution in [0.4, 0.5) is 15.0 Å². The van der Waals surface area contributed by atoms with Gasteiger partial charge in [0.15, 0.2) is 0 Å². The van der Waals surface area contributed by atoms with E-state index < -0.39 is 5.82 Å². The number of likely N-dealkylation sites (tertiary alicyclic amines) is 1. The van der Waals surface area contributed by atoms with Gasteiger partial charge >= 0.3 is 6.03 Å². The normalized spacial score (nSPS) is 17.5. The Balaban J connectivity index is 1.42. The van der Waals surface area contributed by atoms with Crippen molar-refractivity contribution in [3.8, 4) is 16.9 Å². The lowest BCUT2D eigenvalue weighted by molar-refractivity contribution is 0.159. The van der Waals surface area contributed by atoms with Gasteiger partial charge in [-0.25, -0.2) is 13.9 Å².